The number of anilines is 1. The number of carbonyl (C=O) groups is 1. The zero-order valence-electron chi connectivity index (χ0n) is 8.91. The number of halogens is 2. The summed E-state index contributed by atoms with van der Waals surface area (Å²) in [6.07, 6.45) is -2.07. The molecule has 0 aromatic carbocycles. The van der Waals surface area contributed by atoms with Crippen molar-refractivity contribution >= 4 is 11.7 Å². The van der Waals surface area contributed by atoms with Gasteiger partial charge in [-0.3, -0.25) is 4.98 Å². The summed E-state index contributed by atoms with van der Waals surface area (Å²) in [6, 6.07) is 1.66. The summed E-state index contributed by atoms with van der Waals surface area (Å²) in [6.45, 7) is 1.54. The second kappa shape index (κ2) is 5.21. The van der Waals surface area contributed by atoms with Gasteiger partial charge in [-0.05, 0) is 6.92 Å². The Morgan fingerprint density at radius 1 is 1.71 bits per heavy atom. The van der Waals surface area contributed by atoms with Gasteiger partial charge in [-0.15, -0.1) is 0 Å². The maximum absolute atomic E-state index is 12.6. The molecule has 1 heterocycles. The smallest absolute Gasteiger partial charge is 0.342 e. The Hall–Kier alpha value is -2.23. The SMILES string of the molecule is CCOC(=O)c1c(C(F)F)ncc(C#N)c1N. The summed E-state index contributed by atoms with van der Waals surface area (Å²) in [4.78, 5) is 14.8. The minimum absolute atomic E-state index is 0.0116. The monoisotopic (exact) mass is 241 g/mol. The first kappa shape index (κ1) is 12.8. The Morgan fingerprint density at radius 2 is 2.35 bits per heavy atom. The largest absolute Gasteiger partial charge is 0.462 e. The molecule has 0 aliphatic heterocycles. The highest BCUT2D eigenvalue weighted by molar-refractivity contribution is 5.97. The van der Waals surface area contributed by atoms with Crippen LogP contribution in [0, 0.1) is 11.3 Å². The van der Waals surface area contributed by atoms with E-state index in [9.17, 15) is 13.6 Å². The van der Waals surface area contributed by atoms with E-state index in [4.69, 9.17) is 11.0 Å². The summed E-state index contributed by atoms with van der Waals surface area (Å²) in [7, 11) is 0. The van der Waals surface area contributed by atoms with Crippen molar-refractivity contribution in [2.75, 3.05) is 12.3 Å². The van der Waals surface area contributed by atoms with Crippen LogP contribution in [0.5, 0.6) is 0 Å². The van der Waals surface area contributed by atoms with Crippen LogP contribution < -0.4 is 5.73 Å². The van der Waals surface area contributed by atoms with Gasteiger partial charge in [-0.2, -0.15) is 5.26 Å². The summed E-state index contributed by atoms with van der Waals surface area (Å²) < 4.78 is 29.9. The highest BCUT2D eigenvalue weighted by Crippen LogP contribution is 2.27. The predicted molar refractivity (Wildman–Crippen MR) is 54.3 cm³/mol. The van der Waals surface area contributed by atoms with E-state index in [0.717, 1.165) is 6.20 Å². The van der Waals surface area contributed by atoms with Crippen LogP contribution in [-0.4, -0.2) is 17.6 Å². The Labute approximate surface area is 95.8 Å². The number of pyridine rings is 1. The van der Waals surface area contributed by atoms with E-state index >= 15 is 0 Å². The molecule has 0 bridgehead atoms. The summed E-state index contributed by atoms with van der Waals surface area (Å²) in [5.74, 6) is -1.01. The molecule has 1 aromatic heterocycles. The molecule has 0 aliphatic carbocycles. The average Bonchev–Trinajstić information content (AvgIpc) is 2.28. The van der Waals surface area contributed by atoms with Gasteiger partial charge in [0.15, 0.2) is 0 Å². The minimum atomic E-state index is -2.97. The van der Waals surface area contributed by atoms with Crippen molar-refractivity contribution in [2.45, 2.75) is 13.3 Å². The Balaban J connectivity index is 3.41. The second-order valence-electron chi connectivity index (χ2n) is 2.98. The zero-order chi connectivity index (χ0) is 13.0. The molecule has 0 atom stereocenters. The molecule has 0 unspecified atom stereocenters. The van der Waals surface area contributed by atoms with Crippen molar-refractivity contribution in [1.29, 1.82) is 5.26 Å². The number of hydrogen-bond acceptors (Lipinski definition) is 5. The molecule has 0 amide bonds. The quantitative estimate of drug-likeness (QED) is 0.812. The van der Waals surface area contributed by atoms with Gasteiger partial charge in [0.1, 0.15) is 17.3 Å². The van der Waals surface area contributed by atoms with Crippen LogP contribution in [-0.2, 0) is 4.74 Å². The molecule has 0 spiro atoms. The highest BCUT2D eigenvalue weighted by atomic mass is 19.3. The maximum atomic E-state index is 12.6. The second-order valence-corrected chi connectivity index (χ2v) is 2.98. The van der Waals surface area contributed by atoms with Crippen LogP contribution in [0.3, 0.4) is 0 Å². The number of nitriles is 1. The Kier molecular flexibility index (Phi) is 3.93. The van der Waals surface area contributed by atoms with Crippen LogP contribution in [0.4, 0.5) is 14.5 Å². The molecule has 0 fully saturated rings. The lowest BCUT2D eigenvalue weighted by Crippen LogP contribution is -2.14. The Bertz CT molecular complexity index is 483. The van der Waals surface area contributed by atoms with Crippen molar-refractivity contribution in [1.82, 2.24) is 4.98 Å². The van der Waals surface area contributed by atoms with Crippen molar-refractivity contribution in [2.24, 2.45) is 0 Å². The predicted octanol–water partition coefficient (Wildman–Crippen LogP) is 1.65. The minimum Gasteiger partial charge on any atom is -0.462 e. The van der Waals surface area contributed by atoms with Gasteiger partial charge in [0.25, 0.3) is 6.43 Å². The summed E-state index contributed by atoms with van der Waals surface area (Å²) in [5.41, 5.74) is 3.67. The molecule has 1 rings (SSSR count). The molecule has 2 N–H and O–H groups in total. The molecule has 1 aromatic rings. The number of ether oxygens (including phenoxy) is 1. The van der Waals surface area contributed by atoms with Crippen molar-refractivity contribution in [3.63, 3.8) is 0 Å². The normalized spacial score (nSPS) is 10.1. The molecule has 0 saturated carbocycles. The number of carbonyl (C=O) groups excluding carboxylic acids is 1. The number of alkyl halides is 2. The van der Waals surface area contributed by atoms with Crippen molar-refractivity contribution < 1.29 is 18.3 Å². The van der Waals surface area contributed by atoms with E-state index in [-0.39, 0.29) is 17.9 Å². The van der Waals surface area contributed by atoms with Crippen LogP contribution in [0.25, 0.3) is 0 Å². The number of nitrogen functional groups attached to an aromatic ring is 1. The fourth-order valence-corrected chi connectivity index (χ4v) is 1.21. The van der Waals surface area contributed by atoms with E-state index < -0.39 is 23.7 Å². The first-order valence-electron chi connectivity index (χ1n) is 4.66. The third kappa shape index (κ3) is 2.47. The van der Waals surface area contributed by atoms with Crippen molar-refractivity contribution in [3.05, 3.63) is 23.0 Å². The fourth-order valence-electron chi connectivity index (χ4n) is 1.21. The number of hydrogen-bond donors (Lipinski definition) is 1. The van der Waals surface area contributed by atoms with Crippen LogP contribution in [0.2, 0.25) is 0 Å². The molecule has 7 heteroatoms. The molecule has 17 heavy (non-hydrogen) atoms. The van der Waals surface area contributed by atoms with E-state index in [1.54, 1.807) is 6.07 Å². The Morgan fingerprint density at radius 3 is 2.82 bits per heavy atom. The van der Waals surface area contributed by atoms with Crippen LogP contribution >= 0.6 is 0 Å². The van der Waals surface area contributed by atoms with Gasteiger partial charge < -0.3 is 10.5 Å². The first-order valence-corrected chi connectivity index (χ1v) is 4.66. The number of nitrogens with zero attached hydrogens (tertiary/aromatic N) is 2. The average molecular weight is 241 g/mol. The standard InChI is InChI=1S/C10H9F2N3O2/c1-2-17-10(16)6-7(14)5(3-13)4-15-8(6)9(11)12/h4,9H,2H2,1H3,(H2,14,15). The summed E-state index contributed by atoms with van der Waals surface area (Å²) in [5, 5.41) is 8.67. The van der Waals surface area contributed by atoms with Crippen LogP contribution in [0.1, 0.15) is 35.0 Å². The number of rotatable bonds is 3. The fraction of sp³-hybridized carbons (Fsp3) is 0.300. The molecular formula is C10H9F2N3O2. The van der Waals surface area contributed by atoms with Crippen LogP contribution in [0.15, 0.2) is 6.20 Å². The van der Waals surface area contributed by atoms with E-state index in [0.29, 0.717) is 0 Å². The molecule has 0 aliphatic rings. The van der Waals surface area contributed by atoms with Gasteiger partial charge in [0.2, 0.25) is 0 Å². The summed E-state index contributed by atoms with van der Waals surface area (Å²) >= 11 is 0. The first-order chi connectivity index (χ1) is 8.02. The lowest BCUT2D eigenvalue weighted by Gasteiger charge is -2.10. The topological polar surface area (TPSA) is 89.0 Å². The molecule has 0 radical (unpaired) electrons. The third-order valence-electron chi connectivity index (χ3n) is 1.96. The van der Waals surface area contributed by atoms with E-state index in [1.165, 1.54) is 6.92 Å². The zero-order valence-corrected chi connectivity index (χ0v) is 8.91. The van der Waals surface area contributed by atoms with E-state index in [2.05, 4.69) is 9.72 Å². The number of esters is 1. The van der Waals surface area contributed by atoms with Gasteiger partial charge >= 0.3 is 5.97 Å². The highest BCUT2D eigenvalue weighted by Gasteiger charge is 2.25. The molecule has 5 nitrogen and oxygen atoms in total. The van der Waals surface area contributed by atoms with Crippen molar-refractivity contribution in [3.8, 4) is 6.07 Å². The molecule has 90 valence electrons. The third-order valence-corrected chi connectivity index (χ3v) is 1.96. The lowest BCUT2D eigenvalue weighted by atomic mass is 10.1. The molecular weight excluding hydrogens is 232 g/mol. The molecule has 0 saturated heterocycles. The van der Waals surface area contributed by atoms with Gasteiger partial charge in [0.05, 0.1) is 17.9 Å². The lowest BCUT2D eigenvalue weighted by molar-refractivity contribution is 0.0515. The maximum Gasteiger partial charge on any atom is 0.342 e. The van der Waals surface area contributed by atoms with Gasteiger partial charge in [-0.25, -0.2) is 13.6 Å². The van der Waals surface area contributed by atoms with Gasteiger partial charge in [-0.1, -0.05) is 0 Å². The number of aromatic nitrogens is 1. The van der Waals surface area contributed by atoms with Gasteiger partial charge in [0, 0.05) is 6.20 Å². The van der Waals surface area contributed by atoms with E-state index in [1.807, 2.05) is 0 Å². The number of nitrogens with two attached hydrogens (primary N) is 1.